The van der Waals surface area contributed by atoms with Crippen molar-refractivity contribution >= 4 is 21.7 Å². The maximum absolute atomic E-state index is 13.8. The number of rotatable bonds is 7. The van der Waals surface area contributed by atoms with Gasteiger partial charge in [0.2, 0.25) is 10.0 Å². The summed E-state index contributed by atoms with van der Waals surface area (Å²) < 4.78 is 45.3. The Balaban J connectivity index is 2.14. The number of methoxy groups -OCH3 is 1. The van der Waals surface area contributed by atoms with E-state index >= 15 is 0 Å². The van der Waals surface area contributed by atoms with Crippen LogP contribution in [0.4, 0.5) is 10.1 Å². The van der Waals surface area contributed by atoms with E-state index in [1.165, 1.54) is 7.11 Å². The van der Waals surface area contributed by atoms with Crippen molar-refractivity contribution in [3.8, 4) is 5.75 Å². The minimum Gasteiger partial charge on any atom is -0.495 e. The fourth-order valence-corrected chi connectivity index (χ4v) is 4.05. The van der Waals surface area contributed by atoms with E-state index in [9.17, 15) is 17.6 Å². The molecule has 0 unspecified atom stereocenters. The van der Waals surface area contributed by atoms with E-state index in [1.807, 2.05) is 0 Å². The lowest BCUT2D eigenvalue weighted by atomic mass is 10.1. The minimum atomic E-state index is -3.65. The van der Waals surface area contributed by atoms with Crippen LogP contribution in [0.5, 0.6) is 5.75 Å². The topological polar surface area (TPSA) is 92.7 Å². The van der Waals surface area contributed by atoms with Crippen LogP contribution in [0.15, 0.2) is 12.1 Å². The van der Waals surface area contributed by atoms with Crippen LogP contribution in [0, 0.1) is 11.7 Å². The summed E-state index contributed by atoms with van der Waals surface area (Å²) in [6.45, 7) is 0. The minimum absolute atomic E-state index is 0.0340. The van der Waals surface area contributed by atoms with E-state index in [0.717, 1.165) is 37.8 Å². The zero-order valence-electron chi connectivity index (χ0n) is 12.8. The number of halogens is 1. The average molecular weight is 345 g/mol. The number of carboxylic acids is 1. The van der Waals surface area contributed by atoms with Crippen LogP contribution in [0.2, 0.25) is 0 Å². The number of aromatic carboxylic acids is 1. The van der Waals surface area contributed by atoms with Gasteiger partial charge in [-0.3, -0.25) is 4.72 Å². The molecule has 1 fully saturated rings. The van der Waals surface area contributed by atoms with E-state index in [0.29, 0.717) is 12.3 Å². The van der Waals surface area contributed by atoms with E-state index in [-0.39, 0.29) is 17.2 Å². The number of carboxylic acid groups (broad SMARTS) is 1. The standard InChI is InChI=1S/C15H20FNO5S/c1-22-14-8-11(15(18)19)12(16)9-13(14)17-23(20,21)7-6-10-4-2-3-5-10/h8-10,17H,2-7H2,1H3,(H,18,19). The summed E-state index contributed by atoms with van der Waals surface area (Å²) in [5, 5.41) is 8.88. The lowest BCUT2D eigenvalue weighted by Gasteiger charge is -2.14. The highest BCUT2D eigenvalue weighted by Gasteiger charge is 2.22. The number of hydrogen-bond donors (Lipinski definition) is 2. The Bertz CT molecular complexity index is 683. The molecule has 0 atom stereocenters. The van der Waals surface area contributed by atoms with E-state index in [4.69, 9.17) is 9.84 Å². The van der Waals surface area contributed by atoms with Gasteiger partial charge in [-0.15, -0.1) is 0 Å². The van der Waals surface area contributed by atoms with Crippen molar-refractivity contribution < 1.29 is 27.4 Å². The second-order valence-electron chi connectivity index (χ2n) is 5.70. The molecule has 0 aliphatic heterocycles. The van der Waals surface area contributed by atoms with Crippen LogP contribution in [-0.4, -0.2) is 32.4 Å². The molecule has 128 valence electrons. The smallest absolute Gasteiger partial charge is 0.338 e. The summed E-state index contributed by atoms with van der Waals surface area (Å²) >= 11 is 0. The summed E-state index contributed by atoms with van der Waals surface area (Å²) in [5.74, 6) is -2.14. The Morgan fingerprint density at radius 1 is 1.39 bits per heavy atom. The molecule has 0 amide bonds. The van der Waals surface area contributed by atoms with Gasteiger partial charge in [-0.2, -0.15) is 0 Å². The molecule has 1 aromatic carbocycles. The Kier molecular flexibility index (Phi) is 5.46. The molecule has 1 aromatic rings. The molecule has 2 rings (SSSR count). The lowest BCUT2D eigenvalue weighted by Crippen LogP contribution is -2.19. The fraction of sp³-hybridized carbons (Fsp3) is 0.533. The van der Waals surface area contributed by atoms with Gasteiger partial charge in [0.1, 0.15) is 11.6 Å². The van der Waals surface area contributed by atoms with Crippen molar-refractivity contribution in [3.05, 3.63) is 23.5 Å². The Hall–Kier alpha value is -1.83. The molecule has 0 bridgehead atoms. The maximum atomic E-state index is 13.8. The van der Waals surface area contributed by atoms with Crippen molar-refractivity contribution in [1.29, 1.82) is 0 Å². The maximum Gasteiger partial charge on any atom is 0.338 e. The van der Waals surface area contributed by atoms with Gasteiger partial charge < -0.3 is 9.84 Å². The van der Waals surface area contributed by atoms with E-state index < -0.39 is 27.4 Å². The molecule has 0 aromatic heterocycles. The quantitative estimate of drug-likeness (QED) is 0.793. The molecule has 1 aliphatic rings. The largest absolute Gasteiger partial charge is 0.495 e. The zero-order chi connectivity index (χ0) is 17.0. The van der Waals surface area contributed by atoms with Crippen LogP contribution in [-0.2, 0) is 10.0 Å². The van der Waals surface area contributed by atoms with Gasteiger partial charge in [0.25, 0.3) is 0 Å². The lowest BCUT2D eigenvalue weighted by molar-refractivity contribution is 0.0691. The average Bonchev–Trinajstić information content (AvgIpc) is 2.98. The molecule has 0 radical (unpaired) electrons. The molecule has 8 heteroatoms. The van der Waals surface area contributed by atoms with E-state index in [1.54, 1.807) is 0 Å². The molecule has 2 N–H and O–H groups in total. The number of benzene rings is 1. The third-order valence-electron chi connectivity index (χ3n) is 4.05. The number of sulfonamides is 1. The molecule has 6 nitrogen and oxygen atoms in total. The number of hydrogen-bond acceptors (Lipinski definition) is 4. The van der Waals surface area contributed by atoms with Crippen molar-refractivity contribution in [1.82, 2.24) is 0 Å². The van der Waals surface area contributed by atoms with Crippen molar-refractivity contribution in [2.45, 2.75) is 32.1 Å². The second-order valence-corrected chi connectivity index (χ2v) is 7.54. The molecule has 0 heterocycles. The normalized spacial score (nSPS) is 15.6. The number of anilines is 1. The first-order valence-electron chi connectivity index (χ1n) is 7.43. The Morgan fingerprint density at radius 3 is 2.61 bits per heavy atom. The van der Waals surface area contributed by atoms with Crippen molar-refractivity contribution in [2.75, 3.05) is 17.6 Å². The second kappa shape index (κ2) is 7.16. The summed E-state index contributed by atoms with van der Waals surface area (Å²) in [4.78, 5) is 10.9. The van der Waals surface area contributed by atoms with Gasteiger partial charge in [-0.1, -0.05) is 25.7 Å². The molecule has 0 spiro atoms. The van der Waals surface area contributed by atoms with Crippen LogP contribution in [0.25, 0.3) is 0 Å². The summed E-state index contributed by atoms with van der Waals surface area (Å²) in [6, 6.07) is 1.79. The van der Waals surface area contributed by atoms with Crippen LogP contribution >= 0.6 is 0 Å². The molecule has 23 heavy (non-hydrogen) atoms. The first-order valence-corrected chi connectivity index (χ1v) is 9.09. The predicted octanol–water partition coefficient (Wildman–Crippen LogP) is 2.85. The van der Waals surface area contributed by atoms with Gasteiger partial charge in [-0.05, 0) is 18.4 Å². The Morgan fingerprint density at radius 2 is 2.04 bits per heavy atom. The SMILES string of the molecule is COc1cc(C(=O)O)c(F)cc1NS(=O)(=O)CCC1CCCC1. The van der Waals surface area contributed by atoms with Gasteiger partial charge in [-0.25, -0.2) is 17.6 Å². The molecular formula is C15H20FNO5S. The summed E-state index contributed by atoms with van der Waals surface area (Å²) in [6.07, 6.45) is 4.91. The predicted molar refractivity (Wildman–Crippen MR) is 83.9 cm³/mol. The number of nitrogens with one attached hydrogen (secondary N) is 1. The van der Waals surface area contributed by atoms with Crippen LogP contribution < -0.4 is 9.46 Å². The molecule has 1 saturated carbocycles. The van der Waals surface area contributed by atoms with E-state index in [2.05, 4.69) is 4.72 Å². The molecule has 0 saturated heterocycles. The van der Waals surface area contributed by atoms with Gasteiger partial charge in [0.15, 0.2) is 0 Å². The molecular weight excluding hydrogens is 325 g/mol. The van der Waals surface area contributed by atoms with Gasteiger partial charge in [0.05, 0.1) is 24.1 Å². The number of ether oxygens (including phenoxy) is 1. The van der Waals surface area contributed by atoms with Crippen LogP contribution in [0.1, 0.15) is 42.5 Å². The van der Waals surface area contributed by atoms with Crippen molar-refractivity contribution in [3.63, 3.8) is 0 Å². The zero-order valence-corrected chi connectivity index (χ0v) is 13.7. The third-order valence-corrected chi connectivity index (χ3v) is 5.36. The van der Waals surface area contributed by atoms with Gasteiger partial charge >= 0.3 is 5.97 Å². The highest BCUT2D eigenvalue weighted by atomic mass is 32.2. The Labute approximate surface area is 134 Å². The highest BCUT2D eigenvalue weighted by Crippen LogP contribution is 2.30. The first kappa shape index (κ1) is 17.5. The number of carbonyl (C=O) groups is 1. The summed E-state index contributed by atoms with van der Waals surface area (Å²) in [5.41, 5.74) is -0.669. The fourth-order valence-electron chi connectivity index (χ4n) is 2.81. The monoisotopic (exact) mass is 345 g/mol. The molecule has 1 aliphatic carbocycles. The third kappa shape index (κ3) is 4.57. The first-order chi connectivity index (χ1) is 10.8. The van der Waals surface area contributed by atoms with Crippen LogP contribution in [0.3, 0.4) is 0 Å². The summed E-state index contributed by atoms with van der Waals surface area (Å²) in [7, 11) is -2.39. The van der Waals surface area contributed by atoms with Gasteiger partial charge in [0, 0.05) is 6.07 Å². The highest BCUT2D eigenvalue weighted by molar-refractivity contribution is 7.92. The van der Waals surface area contributed by atoms with Crippen molar-refractivity contribution in [2.24, 2.45) is 5.92 Å².